The van der Waals surface area contributed by atoms with Gasteiger partial charge in [0.25, 0.3) is 0 Å². The summed E-state index contributed by atoms with van der Waals surface area (Å²) in [6, 6.07) is 15.6. The van der Waals surface area contributed by atoms with Crippen molar-refractivity contribution in [1.82, 2.24) is 10.3 Å². The Labute approximate surface area is 164 Å². The van der Waals surface area contributed by atoms with Gasteiger partial charge in [-0.25, -0.2) is 4.39 Å². The van der Waals surface area contributed by atoms with Crippen LogP contribution in [0, 0.1) is 5.82 Å². The molecule has 5 heteroatoms. The zero-order chi connectivity index (χ0) is 18.6. The van der Waals surface area contributed by atoms with Crippen LogP contribution < -0.4 is 10.6 Å². The van der Waals surface area contributed by atoms with Crippen molar-refractivity contribution in [2.45, 2.75) is 44.3 Å². The van der Waals surface area contributed by atoms with Crippen LogP contribution in [0.15, 0.2) is 54.7 Å². The Morgan fingerprint density at radius 2 is 1.81 bits per heavy atom. The number of rotatable bonds is 5. The second-order valence-corrected chi connectivity index (χ2v) is 7.66. The first-order valence-electron chi connectivity index (χ1n) is 9.46. The van der Waals surface area contributed by atoms with E-state index in [1.54, 1.807) is 12.1 Å². The standard InChI is InChI=1S/C22H23ClFN3/c23-16-4-9-20-21(10-11-25-22(20)13-16)27-19-7-5-18(6-8-19)26-14-15-2-1-3-17(24)12-15/h1-4,9-13,18-19,26H,5-8,14H2,(H,25,27)/t18-,19+. The summed E-state index contributed by atoms with van der Waals surface area (Å²) in [5.41, 5.74) is 3.03. The van der Waals surface area contributed by atoms with Crippen LogP contribution in [-0.2, 0) is 6.54 Å². The molecular formula is C22H23ClFN3. The molecule has 1 heterocycles. The van der Waals surface area contributed by atoms with E-state index in [1.165, 1.54) is 6.07 Å². The Morgan fingerprint density at radius 1 is 1.00 bits per heavy atom. The lowest BCUT2D eigenvalue weighted by atomic mass is 9.90. The molecule has 27 heavy (non-hydrogen) atoms. The smallest absolute Gasteiger partial charge is 0.123 e. The van der Waals surface area contributed by atoms with Gasteiger partial charge >= 0.3 is 0 Å². The first-order valence-corrected chi connectivity index (χ1v) is 9.84. The summed E-state index contributed by atoms with van der Waals surface area (Å²) in [6.07, 6.45) is 6.27. The van der Waals surface area contributed by atoms with Crippen LogP contribution >= 0.6 is 11.6 Å². The van der Waals surface area contributed by atoms with E-state index in [0.29, 0.717) is 17.1 Å². The van der Waals surface area contributed by atoms with Gasteiger partial charge in [0.1, 0.15) is 5.82 Å². The van der Waals surface area contributed by atoms with Crippen molar-refractivity contribution in [1.29, 1.82) is 0 Å². The first-order chi connectivity index (χ1) is 13.2. The van der Waals surface area contributed by atoms with Gasteiger partial charge in [-0.1, -0.05) is 23.7 Å². The third-order valence-corrected chi connectivity index (χ3v) is 5.51. The molecular weight excluding hydrogens is 361 g/mol. The zero-order valence-electron chi connectivity index (χ0n) is 15.1. The monoisotopic (exact) mass is 383 g/mol. The molecule has 0 atom stereocenters. The minimum Gasteiger partial charge on any atom is -0.382 e. The molecule has 2 N–H and O–H groups in total. The average molecular weight is 384 g/mol. The second kappa shape index (κ2) is 8.24. The first kappa shape index (κ1) is 18.2. The molecule has 0 bridgehead atoms. The zero-order valence-corrected chi connectivity index (χ0v) is 15.8. The minimum absolute atomic E-state index is 0.173. The highest BCUT2D eigenvalue weighted by Crippen LogP contribution is 2.28. The highest BCUT2D eigenvalue weighted by atomic mass is 35.5. The number of hydrogen-bond acceptors (Lipinski definition) is 3. The highest BCUT2D eigenvalue weighted by molar-refractivity contribution is 6.31. The molecule has 1 aliphatic carbocycles. The van der Waals surface area contributed by atoms with Crippen LogP contribution in [-0.4, -0.2) is 17.1 Å². The lowest BCUT2D eigenvalue weighted by Gasteiger charge is -2.30. The number of hydrogen-bond donors (Lipinski definition) is 2. The number of pyridine rings is 1. The van der Waals surface area contributed by atoms with E-state index in [-0.39, 0.29) is 5.82 Å². The second-order valence-electron chi connectivity index (χ2n) is 7.22. The quantitative estimate of drug-likeness (QED) is 0.607. The van der Waals surface area contributed by atoms with Crippen LogP contribution in [0.5, 0.6) is 0 Å². The molecule has 0 radical (unpaired) electrons. The summed E-state index contributed by atoms with van der Waals surface area (Å²) < 4.78 is 13.3. The van der Waals surface area contributed by atoms with Crippen molar-refractivity contribution in [3.63, 3.8) is 0 Å². The van der Waals surface area contributed by atoms with Gasteiger partial charge in [-0.05, 0) is 67.6 Å². The molecule has 0 unspecified atom stereocenters. The van der Waals surface area contributed by atoms with Gasteiger partial charge in [0.05, 0.1) is 5.52 Å². The van der Waals surface area contributed by atoms with Gasteiger partial charge < -0.3 is 10.6 Å². The third kappa shape index (κ3) is 4.57. The molecule has 3 nitrogen and oxygen atoms in total. The van der Waals surface area contributed by atoms with Crippen LogP contribution in [0.3, 0.4) is 0 Å². The molecule has 0 saturated heterocycles. The number of halogens is 2. The van der Waals surface area contributed by atoms with E-state index in [1.807, 2.05) is 36.5 Å². The molecule has 0 amide bonds. The fourth-order valence-corrected chi connectivity index (χ4v) is 3.98. The maximum absolute atomic E-state index is 13.3. The van der Waals surface area contributed by atoms with Gasteiger partial charge in [0.15, 0.2) is 0 Å². The van der Waals surface area contributed by atoms with Crippen molar-refractivity contribution in [3.05, 3.63) is 71.1 Å². The number of nitrogens with one attached hydrogen (secondary N) is 2. The van der Waals surface area contributed by atoms with Crippen molar-refractivity contribution in [3.8, 4) is 0 Å². The number of benzene rings is 2. The SMILES string of the molecule is Fc1cccc(CN[C@H]2CC[C@@H](Nc3ccnc4cc(Cl)ccc34)CC2)c1. The van der Waals surface area contributed by atoms with E-state index in [9.17, 15) is 4.39 Å². The van der Waals surface area contributed by atoms with Crippen LogP contribution in [0.2, 0.25) is 5.02 Å². The van der Waals surface area contributed by atoms with Gasteiger partial charge in [-0.15, -0.1) is 0 Å². The van der Waals surface area contributed by atoms with E-state index in [4.69, 9.17) is 11.6 Å². The Bertz CT molecular complexity index is 922. The van der Waals surface area contributed by atoms with Gasteiger partial charge in [0.2, 0.25) is 0 Å². The summed E-state index contributed by atoms with van der Waals surface area (Å²) in [7, 11) is 0. The Kier molecular flexibility index (Phi) is 5.55. The third-order valence-electron chi connectivity index (χ3n) is 5.28. The Morgan fingerprint density at radius 3 is 2.63 bits per heavy atom. The number of fused-ring (bicyclic) bond motifs is 1. The largest absolute Gasteiger partial charge is 0.382 e. The highest BCUT2D eigenvalue weighted by Gasteiger charge is 2.21. The topological polar surface area (TPSA) is 37.0 Å². The van der Waals surface area contributed by atoms with Crippen LogP contribution in [0.4, 0.5) is 10.1 Å². The summed E-state index contributed by atoms with van der Waals surface area (Å²) >= 11 is 6.07. The number of nitrogens with zero attached hydrogens (tertiary/aromatic N) is 1. The van der Waals surface area contributed by atoms with E-state index in [2.05, 4.69) is 15.6 Å². The van der Waals surface area contributed by atoms with Crippen molar-refractivity contribution >= 4 is 28.2 Å². The molecule has 1 aliphatic rings. The molecule has 2 aromatic carbocycles. The molecule has 4 rings (SSSR count). The fraction of sp³-hybridized carbons (Fsp3) is 0.318. The molecule has 1 fully saturated rings. The average Bonchev–Trinajstić information content (AvgIpc) is 2.67. The summed E-state index contributed by atoms with van der Waals surface area (Å²) in [5, 5.41) is 9.06. The van der Waals surface area contributed by atoms with Gasteiger partial charge in [-0.3, -0.25) is 4.98 Å². The Hall–Kier alpha value is -2.17. The molecule has 0 spiro atoms. The number of aromatic nitrogens is 1. The van der Waals surface area contributed by atoms with Gasteiger partial charge in [0, 0.05) is 40.9 Å². The molecule has 140 valence electrons. The molecule has 1 saturated carbocycles. The van der Waals surface area contributed by atoms with E-state index >= 15 is 0 Å². The summed E-state index contributed by atoms with van der Waals surface area (Å²) in [4.78, 5) is 4.41. The lowest BCUT2D eigenvalue weighted by molar-refractivity contribution is 0.353. The van der Waals surface area contributed by atoms with Crippen molar-refractivity contribution in [2.75, 3.05) is 5.32 Å². The van der Waals surface area contributed by atoms with Crippen molar-refractivity contribution < 1.29 is 4.39 Å². The maximum Gasteiger partial charge on any atom is 0.123 e. The van der Waals surface area contributed by atoms with Crippen molar-refractivity contribution in [2.24, 2.45) is 0 Å². The summed E-state index contributed by atoms with van der Waals surface area (Å²) in [5.74, 6) is -0.173. The van der Waals surface area contributed by atoms with E-state index in [0.717, 1.165) is 54.4 Å². The Balaban J connectivity index is 1.32. The fourth-order valence-electron chi connectivity index (χ4n) is 3.82. The molecule has 1 aromatic heterocycles. The molecule has 3 aromatic rings. The molecule has 0 aliphatic heterocycles. The normalized spacial score (nSPS) is 19.9. The predicted molar refractivity (Wildman–Crippen MR) is 110 cm³/mol. The maximum atomic E-state index is 13.3. The lowest BCUT2D eigenvalue weighted by Crippen LogP contribution is -2.36. The van der Waals surface area contributed by atoms with E-state index < -0.39 is 0 Å². The number of anilines is 1. The van der Waals surface area contributed by atoms with Crippen LogP contribution in [0.25, 0.3) is 10.9 Å². The summed E-state index contributed by atoms with van der Waals surface area (Å²) in [6.45, 7) is 0.719. The predicted octanol–water partition coefficient (Wildman–Crippen LogP) is 5.54. The van der Waals surface area contributed by atoms with Gasteiger partial charge in [-0.2, -0.15) is 0 Å². The minimum atomic E-state index is -0.173. The van der Waals surface area contributed by atoms with Crippen LogP contribution in [0.1, 0.15) is 31.2 Å².